The molecule has 0 saturated carbocycles. The van der Waals surface area contributed by atoms with Gasteiger partial charge in [0.15, 0.2) is 0 Å². The van der Waals surface area contributed by atoms with Crippen molar-refractivity contribution in [1.82, 2.24) is 0 Å². The molecular formula is C18H45N3O6. The van der Waals surface area contributed by atoms with Crippen molar-refractivity contribution in [2.45, 2.75) is 20.8 Å². The molecule has 0 saturated heterocycles. The summed E-state index contributed by atoms with van der Waals surface area (Å²) < 4.78 is 3.00. The molecule has 0 fully saturated rings. The summed E-state index contributed by atoms with van der Waals surface area (Å²) in [5.41, 5.74) is 0. The van der Waals surface area contributed by atoms with Gasteiger partial charge in [-0.15, -0.1) is 0 Å². The second kappa shape index (κ2) is 20.6. The predicted octanol–water partition coefficient (Wildman–Crippen LogP) is -2.76. The van der Waals surface area contributed by atoms with E-state index in [2.05, 4.69) is 84.6 Å². The molecule has 0 rings (SSSR count). The van der Waals surface area contributed by atoms with Gasteiger partial charge < -0.3 is 43.2 Å². The molecule has 0 aliphatic carbocycles. The zero-order valence-electron chi connectivity index (χ0n) is 20.3. The molecule has 0 aliphatic rings. The van der Waals surface area contributed by atoms with Crippen LogP contribution in [0.1, 0.15) is 20.8 Å². The van der Waals surface area contributed by atoms with E-state index in [1.165, 1.54) is 0 Å². The van der Waals surface area contributed by atoms with Crippen LogP contribution in [0.15, 0.2) is 0 Å². The first kappa shape index (κ1) is 40.1. The van der Waals surface area contributed by atoms with Crippen LogP contribution in [0.4, 0.5) is 0 Å². The first-order valence-electron chi connectivity index (χ1n) is 8.09. The molecule has 0 heterocycles. The van der Waals surface area contributed by atoms with Crippen LogP contribution >= 0.6 is 0 Å². The monoisotopic (exact) mass is 399 g/mol. The number of hydrogen-bond acceptors (Lipinski definition) is 6. The lowest BCUT2D eigenvalue weighted by molar-refractivity contribution is -0.849. The molecule has 9 nitrogen and oxygen atoms in total. The minimum absolute atomic E-state index is 0.972. The number of nitrogens with zero attached hydrogens (tertiary/aromatic N) is 3. The van der Waals surface area contributed by atoms with Crippen molar-refractivity contribution in [1.29, 1.82) is 0 Å². The molecule has 0 aliphatic heterocycles. The Morgan fingerprint density at radius 3 is 0.407 bits per heavy atom. The van der Waals surface area contributed by atoms with Gasteiger partial charge in [-0.25, -0.2) is 0 Å². The fourth-order valence-corrected chi connectivity index (χ4v) is 0. The van der Waals surface area contributed by atoms with Crippen LogP contribution in [0.2, 0.25) is 0 Å². The maximum absolute atomic E-state index is 8.89. The average molecular weight is 400 g/mol. The van der Waals surface area contributed by atoms with E-state index in [9.17, 15) is 0 Å². The lowest BCUT2D eigenvalue weighted by atomic mass is 10.8. The molecule has 27 heavy (non-hydrogen) atoms. The van der Waals surface area contributed by atoms with Gasteiger partial charge >= 0.3 is 0 Å². The fourth-order valence-electron chi connectivity index (χ4n) is 0. The zero-order valence-corrected chi connectivity index (χ0v) is 20.3. The van der Waals surface area contributed by atoms with E-state index in [-0.39, 0.29) is 0 Å². The minimum atomic E-state index is -1.08. The number of rotatable bonds is 0. The Balaban J connectivity index is -0.0000000492. The molecule has 0 amide bonds. The van der Waals surface area contributed by atoms with Crippen molar-refractivity contribution in [3.63, 3.8) is 0 Å². The maximum Gasteiger partial charge on any atom is 0.0675 e. The Morgan fingerprint density at radius 1 is 0.407 bits per heavy atom. The number of carbonyl (C=O) groups is 3. The van der Waals surface area contributed by atoms with Gasteiger partial charge in [0.05, 0.1) is 84.6 Å². The third-order valence-electron chi connectivity index (χ3n) is 0. The highest BCUT2D eigenvalue weighted by Crippen LogP contribution is 1.74. The summed E-state index contributed by atoms with van der Waals surface area (Å²) in [6.45, 7) is 2.92. The Labute approximate surface area is 167 Å². The number of carboxylic acids is 3. The molecule has 0 aromatic heterocycles. The lowest BCUT2D eigenvalue weighted by Crippen LogP contribution is -2.27. The maximum atomic E-state index is 8.89. The second-order valence-corrected chi connectivity index (χ2v) is 9.52. The Morgan fingerprint density at radius 2 is 0.407 bits per heavy atom. The van der Waals surface area contributed by atoms with Crippen LogP contribution in [0.3, 0.4) is 0 Å². The van der Waals surface area contributed by atoms with Gasteiger partial charge in [0.25, 0.3) is 0 Å². The topological polar surface area (TPSA) is 120 Å². The smallest absolute Gasteiger partial charge is 0.0675 e. The van der Waals surface area contributed by atoms with E-state index in [1.807, 2.05) is 0 Å². The van der Waals surface area contributed by atoms with Gasteiger partial charge in [-0.05, 0) is 20.8 Å². The van der Waals surface area contributed by atoms with Gasteiger partial charge in [0.2, 0.25) is 0 Å². The molecule has 0 aromatic rings. The van der Waals surface area contributed by atoms with Gasteiger partial charge in [0, 0.05) is 17.9 Å². The third kappa shape index (κ3) is 4130. The summed E-state index contributed by atoms with van der Waals surface area (Å²) in [5.74, 6) is -3.25. The summed E-state index contributed by atoms with van der Waals surface area (Å²) in [6.07, 6.45) is 0. The van der Waals surface area contributed by atoms with E-state index < -0.39 is 17.9 Å². The van der Waals surface area contributed by atoms with E-state index in [0.29, 0.717) is 0 Å². The van der Waals surface area contributed by atoms with Crippen molar-refractivity contribution >= 4 is 17.9 Å². The molecule has 9 heteroatoms. The third-order valence-corrected chi connectivity index (χ3v) is 0. The molecule has 0 N–H and O–H groups in total. The average Bonchev–Trinajstić information content (AvgIpc) is 2.01. The van der Waals surface area contributed by atoms with Crippen LogP contribution in [0, 0.1) is 0 Å². The fraction of sp³-hybridized carbons (Fsp3) is 0.833. The molecule has 0 radical (unpaired) electrons. The molecule has 168 valence electrons. The van der Waals surface area contributed by atoms with Crippen molar-refractivity contribution in [3.8, 4) is 0 Å². The molecular weight excluding hydrogens is 354 g/mol. The number of quaternary nitrogens is 3. The summed E-state index contributed by atoms with van der Waals surface area (Å²) >= 11 is 0. The first-order chi connectivity index (χ1) is 11.2. The minimum Gasteiger partial charge on any atom is -0.550 e. The van der Waals surface area contributed by atoms with E-state index in [4.69, 9.17) is 29.7 Å². The molecule has 0 spiro atoms. The van der Waals surface area contributed by atoms with Gasteiger partial charge in [-0.2, -0.15) is 0 Å². The second-order valence-electron chi connectivity index (χ2n) is 9.52. The Kier molecular flexibility index (Phi) is 30.6. The number of hydrogen-bond donors (Lipinski definition) is 0. The van der Waals surface area contributed by atoms with Gasteiger partial charge in [-0.3, -0.25) is 0 Å². The van der Waals surface area contributed by atoms with Crippen LogP contribution in [0.5, 0.6) is 0 Å². The summed E-state index contributed by atoms with van der Waals surface area (Å²) in [6, 6.07) is 0. The Bertz CT molecular complexity index is 278. The van der Waals surface area contributed by atoms with Gasteiger partial charge in [-0.1, -0.05) is 0 Å². The molecule has 0 aromatic carbocycles. The van der Waals surface area contributed by atoms with E-state index in [0.717, 1.165) is 34.2 Å². The summed E-state index contributed by atoms with van der Waals surface area (Å²) in [5, 5.41) is 26.7. The summed E-state index contributed by atoms with van der Waals surface area (Å²) in [7, 11) is 25.5. The predicted molar refractivity (Wildman–Crippen MR) is 104 cm³/mol. The van der Waals surface area contributed by atoms with Crippen molar-refractivity contribution in [3.05, 3.63) is 0 Å². The highest BCUT2D eigenvalue weighted by atomic mass is 16.4. The van der Waals surface area contributed by atoms with Crippen LogP contribution in [0.25, 0.3) is 0 Å². The van der Waals surface area contributed by atoms with Crippen LogP contribution in [-0.2, 0) is 14.4 Å². The van der Waals surface area contributed by atoms with Crippen LogP contribution < -0.4 is 15.3 Å². The lowest BCUT2D eigenvalue weighted by Gasteiger charge is -2.14. The molecule has 0 bridgehead atoms. The first-order valence-corrected chi connectivity index (χ1v) is 8.09. The number of carbonyl (C=O) groups excluding carboxylic acids is 3. The quantitative estimate of drug-likeness (QED) is 0.407. The molecule has 0 unspecified atom stereocenters. The summed E-state index contributed by atoms with van der Waals surface area (Å²) in [4.78, 5) is 26.7. The SMILES string of the molecule is CC(=O)[O-].CC(=O)[O-].CC(=O)[O-].C[N+](C)(C)C.C[N+](C)(C)C.C[N+](C)(C)C. The number of carboxylic acid groups (broad SMARTS) is 3. The highest BCUT2D eigenvalue weighted by molar-refractivity contribution is 5.60. The molecule has 0 atom stereocenters. The van der Waals surface area contributed by atoms with Crippen molar-refractivity contribution in [2.75, 3.05) is 84.6 Å². The van der Waals surface area contributed by atoms with E-state index in [1.54, 1.807) is 0 Å². The number of aliphatic carboxylic acids is 3. The van der Waals surface area contributed by atoms with Gasteiger partial charge in [0.1, 0.15) is 0 Å². The zero-order chi connectivity index (χ0) is 24.2. The van der Waals surface area contributed by atoms with E-state index >= 15 is 0 Å². The standard InChI is InChI=1S/3C4H12N.3C2H4O2/c3*1-5(2,3)4;3*1-2(3)4/h3*1-4H3;3*1H3,(H,3,4)/q3*+1;;;/p-3. The normalized spacial score (nSPS) is 9.44. The van der Waals surface area contributed by atoms with Crippen molar-refractivity contribution in [2.24, 2.45) is 0 Å². The Hall–Kier alpha value is -1.71. The van der Waals surface area contributed by atoms with Crippen LogP contribution in [-0.4, -0.2) is 116 Å². The van der Waals surface area contributed by atoms with Crippen molar-refractivity contribution < 1.29 is 43.2 Å². The largest absolute Gasteiger partial charge is 0.550 e. The highest BCUT2D eigenvalue weighted by Gasteiger charge is 1.89.